The maximum absolute atomic E-state index is 12.2. The zero-order valence-corrected chi connectivity index (χ0v) is 18.8. The predicted molar refractivity (Wildman–Crippen MR) is 124 cm³/mol. The number of hydrogen-bond acceptors (Lipinski definition) is 6. The van der Waals surface area contributed by atoms with Crippen molar-refractivity contribution in [3.63, 3.8) is 0 Å². The van der Waals surface area contributed by atoms with Crippen molar-refractivity contribution in [2.45, 2.75) is 13.0 Å². The molecule has 1 aliphatic heterocycles. The van der Waals surface area contributed by atoms with Crippen LogP contribution in [0.1, 0.15) is 16.8 Å². The fraction of sp³-hybridized carbons (Fsp3) is 0.192. The van der Waals surface area contributed by atoms with Gasteiger partial charge in [0.25, 0.3) is 0 Å². The van der Waals surface area contributed by atoms with Crippen LogP contribution in [0.15, 0.2) is 66.9 Å². The molecule has 1 aliphatic rings. The molecule has 0 saturated heterocycles. The Bertz CT molecular complexity index is 1390. The molecule has 4 aromatic rings. The van der Waals surface area contributed by atoms with Gasteiger partial charge in [-0.05, 0) is 35.2 Å². The molecule has 34 heavy (non-hydrogen) atoms. The number of methoxy groups -OCH3 is 1. The van der Waals surface area contributed by atoms with Crippen molar-refractivity contribution in [3.8, 4) is 23.0 Å². The van der Waals surface area contributed by atoms with Gasteiger partial charge in [0.05, 0.1) is 23.8 Å². The fourth-order valence-electron chi connectivity index (χ4n) is 4.18. The average molecular weight is 459 g/mol. The highest BCUT2D eigenvalue weighted by atomic mass is 16.7. The zero-order valence-electron chi connectivity index (χ0n) is 18.8. The van der Waals surface area contributed by atoms with Gasteiger partial charge in [-0.2, -0.15) is 0 Å². The lowest BCUT2D eigenvalue weighted by Gasteiger charge is -2.14. The first-order valence-corrected chi connectivity index (χ1v) is 10.8. The first-order valence-electron chi connectivity index (χ1n) is 10.8. The summed E-state index contributed by atoms with van der Waals surface area (Å²) in [6.07, 6.45) is 2.25. The Balaban J connectivity index is 1.59. The van der Waals surface area contributed by atoms with E-state index in [1.807, 2.05) is 66.3 Å². The Hall–Kier alpha value is -4.33. The molecule has 0 spiro atoms. The lowest BCUT2D eigenvalue weighted by atomic mass is 10.0. The lowest BCUT2D eigenvalue weighted by Crippen LogP contribution is -2.33. The number of pyridine rings is 1. The third-order valence-corrected chi connectivity index (χ3v) is 5.92. The van der Waals surface area contributed by atoms with E-state index in [0.717, 1.165) is 22.0 Å². The van der Waals surface area contributed by atoms with Gasteiger partial charge in [0.2, 0.25) is 12.5 Å². The maximum Gasteiger partial charge on any atom is 0.318 e. The molecule has 2 heterocycles. The van der Waals surface area contributed by atoms with Gasteiger partial charge in [-0.15, -0.1) is 0 Å². The molecule has 0 saturated carbocycles. The van der Waals surface area contributed by atoms with Crippen LogP contribution in [0.4, 0.5) is 5.69 Å². The molecule has 0 fully saturated rings. The first-order chi connectivity index (χ1) is 16.5. The summed E-state index contributed by atoms with van der Waals surface area (Å²) in [6, 6.07) is 18.8. The summed E-state index contributed by atoms with van der Waals surface area (Å²) in [6.45, 7) is 0.367. The van der Waals surface area contributed by atoms with Crippen LogP contribution in [0.2, 0.25) is 0 Å². The number of hydrogen-bond donors (Lipinski definition) is 0. The normalized spacial score (nSPS) is 12.1. The van der Waals surface area contributed by atoms with E-state index in [1.165, 1.54) is 7.11 Å². The Morgan fingerprint density at radius 1 is 1.06 bits per heavy atom. The monoisotopic (exact) mass is 459 g/mol. The number of rotatable bonds is 7. The third-order valence-electron chi connectivity index (χ3n) is 5.92. The predicted octanol–water partition coefficient (Wildman–Crippen LogP) is 4.48. The molecule has 0 N–H and O–H groups in total. The average Bonchev–Trinajstić information content (AvgIpc) is 3.31. The van der Waals surface area contributed by atoms with Crippen molar-refractivity contribution >= 4 is 16.5 Å². The number of nitrogens with zero attached hydrogens (tertiary/aromatic N) is 2. The molecule has 0 atom stereocenters. The largest absolute Gasteiger partial charge is 0.493 e. The van der Waals surface area contributed by atoms with Crippen molar-refractivity contribution in [3.05, 3.63) is 93.8 Å². The summed E-state index contributed by atoms with van der Waals surface area (Å²) in [5.41, 5.74) is 2.22. The van der Waals surface area contributed by atoms with Gasteiger partial charge in [-0.1, -0.05) is 30.3 Å². The summed E-state index contributed by atoms with van der Waals surface area (Å²) in [5, 5.41) is 14.1. The third kappa shape index (κ3) is 3.94. The van der Waals surface area contributed by atoms with Crippen molar-refractivity contribution in [2.24, 2.45) is 7.05 Å². The Kier molecular flexibility index (Phi) is 5.63. The first kappa shape index (κ1) is 21.5. The Labute approximate surface area is 196 Å². The van der Waals surface area contributed by atoms with Gasteiger partial charge >= 0.3 is 5.69 Å². The zero-order chi connectivity index (χ0) is 23.7. The molecule has 5 rings (SSSR count). The van der Waals surface area contributed by atoms with Gasteiger partial charge in [-0.3, -0.25) is 10.1 Å². The minimum Gasteiger partial charge on any atom is -0.493 e. The minimum atomic E-state index is -0.405. The summed E-state index contributed by atoms with van der Waals surface area (Å²) >= 11 is 0. The van der Waals surface area contributed by atoms with Gasteiger partial charge in [-0.25, -0.2) is 4.57 Å². The molecule has 8 heteroatoms. The highest BCUT2D eigenvalue weighted by molar-refractivity contribution is 5.87. The molecule has 0 aliphatic carbocycles. The summed E-state index contributed by atoms with van der Waals surface area (Å²) in [7, 11) is 3.39. The number of aryl methyl sites for hydroxylation is 1. The van der Waals surface area contributed by atoms with Crippen molar-refractivity contribution < 1.29 is 28.4 Å². The second kappa shape index (κ2) is 8.90. The quantitative estimate of drug-likeness (QED) is 0.230. The summed E-state index contributed by atoms with van der Waals surface area (Å²) in [4.78, 5) is 11.8. The van der Waals surface area contributed by atoms with Crippen LogP contribution in [-0.4, -0.2) is 18.8 Å². The topological polar surface area (TPSA) is 83.9 Å². The molecule has 0 radical (unpaired) electrons. The van der Waals surface area contributed by atoms with E-state index in [1.54, 1.807) is 12.1 Å². The van der Waals surface area contributed by atoms with Crippen molar-refractivity contribution in [1.29, 1.82) is 0 Å². The second-order valence-corrected chi connectivity index (χ2v) is 7.98. The van der Waals surface area contributed by atoms with E-state index >= 15 is 0 Å². The van der Waals surface area contributed by atoms with Gasteiger partial charge in [0.15, 0.2) is 29.1 Å². The van der Waals surface area contributed by atoms with Crippen molar-refractivity contribution in [1.82, 2.24) is 0 Å². The van der Waals surface area contributed by atoms with E-state index in [-0.39, 0.29) is 24.8 Å². The molecule has 3 aromatic carbocycles. The van der Waals surface area contributed by atoms with Crippen LogP contribution in [0.5, 0.6) is 23.0 Å². The molecule has 1 aromatic heterocycles. The molecular weight excluding hydrogens is 436 g/mol. The van der Waals surface area contributed by atoms with Crippen LogP contribution < -0.4 is 23.5 Å². The smallest absolute Gasteiger partial charge is 0.318 e. The standard InChI is InChI=1S/C26H23N2O6/c1-27-11-10-18-13-23-24(34-16-33-23)14-20(18)21(27)12-19-8-9-22(31-2)26(25(19)28(29)30)32-15-17-6-4-3-5-7-17/h3-11,13-14H,12,15-16H2,1-2H3/q+1. The SMILES string of the molecule is COc1ccc(Cc2c3cc4c(cc3cc[n+]2C)OCO4)c([N+](=O)[O-])c1OCc1ccccc1. The van der Waals surface area contributed by atoms with Crippen molar-refractivity contribution in [2.75, 3.05) is 13.9 Å². The van der Waals surface area contributed by atoms with E-state index < -0.39 is 4.92 Å². The van der Waals surface area contributed by atoms with Gasteiger partial charge in [0, 0.05) is 11.6 Å². The fourth-order valence-corrected chi connectivity index (χ4v) is 4.18. The highest BCUT2D eigenvalue weighted by Crippen LogP contribution is 2.42. The van der Waals surface area contributed by atoms with Crippen LogP contribution in [-0.2, 0) is 20.1 Å². The number of aromatic nitrogens is 1. The maximum atomic E-state index is 12.2. The molecular formula is C26H23N2O6+. The number of ether oxygens (including phenoxy) is 4. The number of benzene rings is 3. The van der Waals surface area contributed by atoms with Crippen LogP contribution in [0, 0.1) is 10.1 Å². The summed E-state index contributed by atoms with van der Waals surface area (Å²) < 4.78 is 24.4. The van der Waals surface area contributed by atoms with Crippen LogP contribution >= 0.6 is 0 Å². The number of nitro benzene ring substituents is 1. The molecule has 8 nitrogen and oxygen atoms in total. The van der Waals surface area contributed by atoms with Gasteiger partial charge in [0.1, 0.15) is 13.7 Å². The Morgan fingerprint density at radius 2 is 1.82 bits per heavy atom. The van der Waals surface area contributed by atoms with Crippen LogP contribution in [0.25, 0.3) is 10.8 Å². The van der Waals surface area contributed by atoms with E-state index in [4.69, 9.17) is 18.9 Å². The molecule has 0 amide bonds. The molecule has 0 unspecified atom stereocenters. The lowest BCUT2D eigenvalue weighted by molar-refractivity contribution is -0.677. The second-order valence-electron chi connectivity index (χ2n) is 7.98. The number of fused-ring (bicyclic) bond motifs is 2. The molecule has 172 valence electrons. The highest BCUT2D eigenvalue weighted by Gasteiger charge is 2.29. The van der Waals surface area contributed by atoms with E-state index in [2.05, 4.69) is 0 Å². The number of nitro groups is 1. The Morgan fingerprint density at radius 3 is 2.56 bits per heavy atom. The van der Waals surface area contributed by atoms with E-state index in [0.29, 0.717) is 29.2 Å². The minimum absolute atomic E-state index is 0.104. The summed E-state index contributed by atoms with van der Waals surface area (Å²) in [5.74, 6) is 1.79. The van der Waals surface area contributed by atoms with E-state index in [9.17, 15) is 10.1 Å². The van der Waals surface area contributed by atoms with Gasteiger partial charge < -0.3 is 18.9 Å². The van der Waals surface area contributed by atoms with Crippen LogP contribution in [0.3, 0.4) is 0 Å². The molecule has 0 bridgehead atoms.